The summed E-state index contributed by atoms with van der Waals surface area (Å²) < 4.78 is 6.20. The van der Waals surface area contributed by atoms with Gasteiger partial charge in [-0.1, -0.05) is 66.4 Å². The fourth-order valence-electron chi connectivity index (χ4n) is 3.96. The first-order valence-corrected chi connectivity index (χ1v) is 13.7. The zero-order valence-electron chi connectivity index (χ0n) is 20.8. The van der Waals surface area contributed by atoms with Crippen LogP contribution in [0.15, 0.2) is 95.1 Å². The van der Waals surface area contributed by atoms with Gasteiger partial charge in [0.15, 0.2) is 0 Å². The third-order valence-electron chi connectivity index (χ3n) is 5.88. The molecule has 39 heavy (non-hydrogen) atoms. The summed E-state index contributed by atoms with van der Waals surface area (Å²) >= 11 is 2.55. The Kier molecular flexibility index (Phi) is 7.87. The average molecular weight is 551 g/mol. The van der Waals surface area contributed by atoms with Crippen molar-refractivity contribution in [3.05, 3.63) is 95.4 Å². The quantitative estimate of drug-likeness (QED) is 0.130. The lowest BCUT2D eigenvalue weighted by Gasteiger charge is -2.13. The first-order chi connectivity index (χ1) is 19.1. The van der Waals surface area contributed by atoms with Crippen molar-refractivity contribution >= 4 is 45.3 Å². The number of ether oxygens (including phenoxy) is 1. The molecule has 0 bridgehead atoms. The number of thiophene rings is 1. The number of amides is 1. The van der Waals surface area contributed by atoms with E-state index in [9.17, 15) is 15.2 Å². The van der Waals surface area contributed by atoms with Crippen molar-refractivity contribution in [1.82, 2.24) is 10.4 Å². The summed E-state index contributed by atoms with van der Waals surface area (Å²) in [5.74, 6) is 0.483. The topological polar surface area (TPSA) is 108 Å². The number of carbonyl (C=O) groups excluding carboxylic acids is 1. The predicted molar refractivity (Wildman–Crippen MR) is 156 cm³/mol. The molecule has 2 N–H and O–H groups in total. The average Bonchev–Trinajstić information content (AvgIpc) is 3.31. The van der Waals surface area contributed by atoms with Gasteiger partial charge in [0.05, 0.1) is 35.2 Å². The van der Waals surface area contributed by atoms with E-state index in [0.29, 0.717) is 26.9 Å². The Labute approximate surface area is 233 Å². The zero-order valence-corrected chi connectivity index (χ0v) is 22.4. The highest BCUT2D eigenvalue weighted by Crippen LogP contribution is 2.36. The van der Waals surface area contributed by atoms with Gasteiger partial charge in [-0.15, -0.1) is 11.3 Å². The van der Waals surface area contributed by atoms with Crippen LogP contribution in [0.4, 0.5) is 0 Å². The molecule has 5 rings (SSSR count). The molecular weight excluding hydrogens is 528 g/mol. The number of benzene rings is 3. The van der Waals surface area contributed by atoms with Crippen LogP contribution in [0.2, 0.25) is 0 Å². The van der Waals surface area contributed by atoms with Crippen molar-refractivity contribution in [1.29, 1.82) is 5.26 Å². The van der Waals surface area contributed by atoms with Gasteiger partial charge >= 0.3 is 0 Å². The second-order valence-electron chi connectivity index (χ2n) is 8.33. The molecule has 192 valence electrons. The SMILES string of the molecule is COc1ccc(-c2cc(-c3ccccc3)nc(SCC(=O)N/N=C/c3sc4ccccc4c3O)c2C#N)cc1. The lowest BCUT2D eigenvalue weighted by atomic mass is 9.99. The second-order valence-corrected chi connectivity index (χ2v) is 10.4. The number of pyridine rings is 1. The molecule has 0 aliphatic carbocycles. The highest BCUT2D eigenvalue weighted by atomic mass is 32.2. The van der Waals surface area contributed by atoms with Crippen LogP contribution in [-0.4, -0.2) is 35.1 Å². The number of carbonyl (C=O) groups is 1. The molecule has 0 atom stereocenters. The second kappa shape index (κ2) is 11.8. The fraction of sp³-hybridized carbons (Fsp3) is 0.0667. The third-order valence-corrected chi connectivity index (χ3v) is 7.95. The Balaban J connectivity index is 1.38. The number of hydrogen-bond acceptors (Lipinski definition) is 8. The molecule has 0 spiro atoms. The van der Waals surface area contributed by atoms with Crippen LogP contribution in [0.25, 0.3) is 32.5 Å². The third kappa shape index (κ3) is 5.77. The Bertz CT molecular complexity index is 1710. The highest BCUT2D eigenvalue weighted by molar-refractivity contribution is 8.00. The largest absolute Gasteiger partial charge is 0.506 e. The van der Waals surface area contributed by atoms with E-state index in [0.717, 1.165) is 26.8 Å². The van der Waals surface area contributed by atoms with E-state index < -0.39 is 0 Å². The number of hydrazone groups is 1. The molecule has 0 saturated heterocycles. The highest BCUT2D eigenvalue weighted by Gasteiger charge is 2.17. The predicted octanol–water partition coefficient (Wildman–Crippen LogP) is 6.46. The minimum atomic E-state index is -0.362. The van der Waals surface area contributed by atoms with Gasteiger partial charge in [0.1, 0.15) is 22.6 Å². The number of hydrogen-bond donors (Lipinski definition) is 2. The van der Waals surface area contributed by atoms with Crippen molar-refractivity contribution in [3.8, 4) is 40.0 Å². The molecule has 3 aromatic carbocycles. The first kappa shape index (κ1) is 26.0. The zero-order chi connectivity index (χ0) is 27.2. The first-order valence-electron chi connectivity index (χ1n) is 11.9. The molecule has 9 heteroatoms. The molecule has 7 nitrogen and oxygen atoms in total. The molecule has 0 aliphatic rings. The number of aromatic nitrogens is 1. The maximum Gasteiger partial charge on any atom is 0.250 e. The van der Waals surface area contributed by atoms with Crippen LogP contribution in [-0.2, 0) is 4.79 Å². The molecule has 0 unspecified atom stereocenters. The van der Waals surface area contributed by atoms with Crippen LogP contribution in [0.1, 0.15) is 10.4 Å². The van der Waals surface area contributed by atoms with Crippen LogP contribution in [0, 0.1) is 11.3 Å². The van der Waals surface area contributed by atoms with E-state index in [2.05, 4.69) is 16.6 Å². The molecule has 0 fully saturated rings. The smallest absolute Gasteiger partial charge is 0.250 e. The normalized spacial score (nSPS) is 11.0. The number of aromatic hydroxyl groups is 1. The fourth-order valence-corrected chi connectivity index (χ4v) is 5.72. The van der Waals surface area contributed by atoms with Gasteiger partial charge in [-0.3, -0.25) is 4.79 Å². The summed E-state index contributed by atoms with van der Waals surface area (Å²) in [5, 5.41) is 25.7. The summed E-state index contributed by atoms with van der Waals surface area (Å²) in [7, 11) is 1.60. The van der Waals surface area contributed by atoms with Crippen LogP contribution in [0.5, 0.6) is 11.5 Å². The van der Waals surface area contributed by atoms with Crippen LogP contribution >= 0.6 is 23.1 Å². The van der Waals surface area contributed by atoms with Gasteiger partial charge in [-0.25, -0.2) is 10.4 Å². The van der Waals surface area contributed by atoms with Gasteiger partial charge < -0.3 is 9.84 Å². The monoisotopic (exact) mass is 550 g/mol. The van der Waals surface area contributed by atoms with Gasteiger partial charge in [0.2, 0.25) is 5.91 Å². The van der Waals surface area contributed by atoms with E-state index >= 15 is 0 Å². The molecule has 2 aromatic heterocycles. The Morgan fingerprint density at radius 2 is 1.85 bits per heavy atom. The van der Waals surface area contributed by atoms with E-state index in [1.54, 1.807) is 7.11 Å². The van der Waals surface area contributed by atoms with Crippen molar-refractivity contribution in [2.24, 2.45) is 5.10 Å². The molecule has 1 amide bonds. The van der Waals surface area contributed by atoms with E-state index in [1.807, 2.05) is 84.9 Å². The summed E-state index contributed by atoms with van der Waals surface area (Å²) in [6, 6.07) is 28.8. The number of rotatable bonds is 8. The number of nitrogens with one attached hydrogen (secondary N) is 1. The number of methoxy groups -OCH3 is 1. The summed E-state index contributed by atoms with van der Waals surface area (Å²) in [6.07, 6.45) is 1.43. The maximum atomic E-state index is 12.6. The summed E-state index contributed by atoms with van der Waals surface area (Å²) in [6.45, 7) is 0. The van der Waals surface area contributed by atoms with E-state index in [1.165, 1.54) is 29.3 Å². The van der Waals surface area contributed by atoms with Gasteiger partial charge in [0, 0.05) is 21.2 Å². The minimum Gasteiger partial charge on any atom is -0.506 e. The number of fused-ring (bicyclic) bond motifs is 1. The minimum absolute atomic E-state index is 0.00227. The lowest BCUT2D eigenvalue weighted by Crippen LogP contribution is -2.19. The number of nitriles is 1. The summed E-state index contributed by atoms with van der Waals surface area (Å²) in [5.41, 5.74) is 6.03. The Morgan fingerprint density at radius 1 is 1.10 bits per heavy atom. The van der Waals surface area contributed by atoms with Gasteiger partial charge in [-0.05, 0) is 35.9 Å². The van der Waals surface area contributed by atoms with Gasteiger partial charge in [-0.2, -0.15) is 10.4 Å². The standard InChI is InChI=1S/C30H22N4O3S2/c1-37-21-13-11-19(12-14-21)23-15-25(20-7-3-2-4-8-20)33-30(24(23)16-31)38-18-28(35)34-32-17-27-29(36)22-9-5-6-10-26(22)39-27/h2-15,17,36H,18H2,1H3,(H,34,35)/b32-17+. The maximum absolute atomic E-state index is 12.6. The molecule has 0 aliphatic heterocycles. The van der Waals surface area contributed by atoms with Crippen molar-refractivity contribution in [3.63, 3.8) is 0 Å². The molecule has 5 aromatic rings. The number of thioether (sulfide) groups is 1. The van der Waals surface area contributed by atoms with Crippen molar-refractivity contribution in [2.45, 2.75) is 5.03 Å². The molecule has 2 heterocycles. The van der Waals surface area contributed by atoms with Crippen molar-refractivity contribution in [2.75, 3.05) is 12.9 Å². The summed E-state index contributed by atoms with van der Waals surface area (Å²) in [4.78, 5) is 17.9. The van der Waals surface area contributed by atoms with Gasteiger partial charge in [0.25, 0.3) is 0 Å². The van der Waals surface area contributed by atoms with Crippen LogP contribution in [0.3, 0.4) is 0 Å². The lowest BCUT2D eigenvalue weighted by molar-refractivity contribution is -0.118. The van der Waals surface area contributed by atoms with E-state index in [-0.39, 0.29) is 17.4 Å². The molecular formula is C30H22N4O3S2. The Hall–Kier alpha value is -4.65. The van der Waals surface area contributed by atoms with Crippen LogP contribution < -0.4 is 10.2 Å². The number of nitrogens with zero attached hydrogens (tertiary/aromatic N) is 3. The van der Waals surface area contributed by atoms with E-state index in [4.69, 9.17) is 9.72 Å². The molecule has 0 radical (unpaired) electrons. The Morgan fingerprint density at radius 3 is 2.56 bits per heavy atom. The van der Waals surface area contributed by atoms with Crippen molar-refractivity contribution < 1.29 is 14.6 Å². The molecule has 0 saturated carbocycles.